The zero-order chi connectivity index (χ0) is 8.43. The molecule has 0 heterocycles. The zero-order valence-corrected chi connectivity index (χ0v) is 6.68. The van der Waals surface area contributed by atoms with Crippen LogP contribution in [0.5, 0.6) is 0 Å². The first-order valence-electron chi connectivity index (χ1n) is 3.42. The van der Waals surface area contributed by atoms with E-state index in [0.717, 1.165) is 11.1 Å². The van der Waals surface area contributed by atoms with Crippen molar-refractivity contribution < 1.29 is 0 Å². The molecule has 0 saturated heterocycles. The SMILES string of the molecule is Cc1cc(N)cc(C#N)c1C. The molecule has 0 saturated carbocycles. The molecule has 0 fully saturated rings. The van der Waals surface area contributed by atoms with Gasteiger partial charge < -0.3 is 5.73 Å². The van der Waals surface area contributed by atoms with Crippen LogP contribution in [0.1, 0.15) is 16.7 Å². The molecule has 0 aliphatic heterocycles. The third-order valence-electron chi connectivity index (χ3n) is 1.81. The first-order chi connectivity index (χ1) is 5.15. The van der Waals surface area contributed by atoms with Gasteiger partial charge in [-0.25, -0.2) is 0 Å². The molecule has 0 bridgehead atoms. The Bertz CT molecular complexity index is 321. The molecule has 0 atom stereocenters. The van der Waals surface area contributed by atoms with Gasteiger partial charge in [0, 0.05) is 5.69 Å². The zero-order valence-electron chi connectivity index (χ0n) is 6.68. The highest BCUT2D eigenvalue weighted by Gasteiger charge is 2.00. The maximum absolute atomic E-state index is 8.66. The third-order valence-corrected chi connectivity index (χ3v) is 1.81. The number of anilines is 1. The number of hydrogen-bond acceptors (Lipinski definition) is 2. The van der Waals surface area contributed by atoms with Gasteiger partial charge in [-0.2, -0.15) is 5.26 Å². The summed E-state index contributed by atoms with van der Waals surface area (Å²) < 4.78 is 0. The standard InChI is InChI=1S/C9H10N2/c1-6-3-9(11)4-8(5-10)7(6)2/h3-4H,11H2,1-2H3. The van der Waals surface area contributed by atoms with E-state index in [0.29, 0.717) is 11.3 Å². The lowest BCUT2D eigenvalue weighted by Gasteiger charge is -2.02. The molecule has 1 aromatic carbocycles. The minimum Gasteiger partial charge on any atom is -0.399 e. The fourth-order valence-corrected chi connectivity index (χ4v) is 1.00. The molecule has 56 valence electrons. The van der Waals surface area contributed by atoms with Crippen molar-refractivity contribution in [2.75, 3.05) is 5.73 Å². The molecule has 2 nitrogen and oxygen atoms in total. The molecule has 0 unspecified atom stereocenters. The van der Waals surface area contributed by atoms with E-state index in [1.54, 1.807) is 6.07 Å². The van der Waals surface area contributed by atoms with Gasteiger partial charge in [0.05, 0.1) is 11.6 Å². The predicted octanol–water partition coefficient (Wildman–Crippen LogP) is 1.76. The lowest BCUT2D eigenvalue weighted by Crippen LogP contribution is -1.92. The number of aryl methyl sites for hydroxylation is 1. The molecule has 0 aliphatic carbocycles. The van der Waals surface area contributed by atoms with Crippen LogP contribution < -0.4 is 5.73 Å². The summed E-state index contributed by atoms with van der Waals surface area (Å²) in [4.78, 5) is 0. The van der Waals surface area contributed by atoms with Crippen LogP contribution in [-0.4, -0.2) is 0 Å². The van der Waals surface area contributed by atoms with Crippen LogP contribution in [0.25, 0.3) is 0 Å². The average molecular weight is 146 g/mol. The normalized spacial score (nSPS) is 9.18. The number of nitriles is 1. The van der Waals surface area contributed by atoms with Gasteiger partial charge in [-0.05, 0) is 37.1 Å². The molecule has 0 aliphatic rings. The van der Waals surface area contributed by atoms with Crippen molar-refractivity contribution in [2.24, 2.45) is 0 Å². The van der Waals surface area contributed by atoms with Crippen LogP contribution in [0.2, 0.25) is 0 Å². The molecule has 1 rings (SSSR count). The van der Waals surface area contributed by atoms with Gasteiger partial charge in [0.2, 0.25) is 0 Å². The van der Waals surface area contributed by atoms with Crippen LogP contribution in [-0.2, 0) is 0 Å². The topological polar surface area (TPSA) is 49.8 Å². The van der Waals surface area contributed by atoms with E-state index in [9.17, 15) is 0 Å². The van der Waals surface area contributed by atoms with Crippen LogP contribution in [0.4, 0.5) is 5.69 Å². The number of benzene rings is 1. The molecule has 0 spiro atoms. The van der Waals surface area contributed by atoms with E-state index in [2.05, 4.69) is 6.07 Å². The highest BCUT2D eigenvalue weighted by molar-refractivity contribution is 5.53. The van der Waals surface area contributed by atoms with Crippen LogP contribution >= 0.6 is 0 Å². The lowest BCUT2D eigenvalue weighted by atomic mass is 10.0. The van der Waals surface area contributed by atoms with Crippen molar-refractivity contribution in [3.8, 4) is 6.07 Å². The Morgan fingerprint density at radius 1 is 1.36 bits per heavy atom. The second-order valence-corrected chi connectivity index (χ2v) is 2.62. The molecule has 11 heavy (non-hydrogen) atoms. The van der Waals surface area contributed by atoms with E-state index < -0.39 is 0 Å². The van der Waals surface area contributed by atoms with Crippen molar-refractivity contribution in [3.63, 3.8) is 0 Å². The molecule has 0 radical (unpaired) electrons. The second kappa shape index (κ2) is 2.63. The molecule has 0 aromatic heterocycles. The fraction of sp³-hybridized carbons (Fsp3) is 0.222. The van der Waals surface area contributed by atoms with Gasteiger partial charge in [0.15, 0.2) is 0 Å². The fourth-order valence-electron chi connectivity index (χ4n) is 1.00. The van der Waals surface area contributed by atoms with E-state index >= 15 is 0 Å². The minimum atomic E-state index is 0.657. The van der Waals surface area contributed by atoms with Gasteiger partial charge in [0.1, 0.15) is 0 Å². The van der Waals surface area contributed by atoms with E-state index in [1.807, 2.05) is 19.9 Å². The quantitative estimate of drug-likeness (QED) is 0.567. The van der Waals surface area contributed by atoms with Gasteiger partial charge >= 0.3 is 0 Å². The summed E-state index contributed by atoms with van der Waals surface area (Å²) >= 11 is 0. The highest BCUT2D eigenvalue weighted by Crippen LogP contribution is 2.16. The van der Waals surface area contributed by atoms with Crippen molar-refractivity contribution in [2.45, 2.75) is 13.8 Å². The monoisotopic (exact) mass is 146 g/mol. The van der Waals surface area contributed by atoms with Crippen LogP contribution in [0.15, 0.2) is 12.1 Å². The molecule has 2 heteroatoms. The lowest BCUT2D eigenvalue weighted by molar-refractivity contribution is 1.31. The van der Waals surface area contributed by atoms with Crippen molar-refractivity contribution in [1.82, 2.24) is 0 Å². The minimum absolute atomic E-state index is 0.657. The second-order valence-electron chi connectivity index (χ2n) is 2.62. The summed E-state index contributed by atoms with van der Waals surface area (Å²) in [5, 5.41) is 8.66. The maximum atomic E-state index is 8.66. The Kier molecular flexibility index (Phi) is 1.82. The Morgan fingerprint density at radius 3 is 2.55 bits per heavy atom. The number of rotatable bonds is 0. The Balaban J connectivity index is 3.39. The maximum Gasteiger partial charge on any atom is 0.0995 e. The van der Waals surface area contributed by atoms with Crippen molar-refractivity contribution in [1.29, 1.82) is 5.26 Å². The Hall–Kier alpha value is -1.49. The van der Waals surface area contributed by atoms with Gasteiger partial charge in [-0.15, -0.1) is 0 Å². The summed E-state index contributed by atoms with van der Waals surface area (Å²) in [6.45, 7) is 3.87. The number of nitrogen functional groups attached to an aromatic ring is 1. The van der Waals surface area contributed by atoms with Crippen molar-refractivity contribution in [3.05, 3.63) is 28.8 Å². The van der Waals surface area contributed by atoms with E-state index in [1.165, 1.54) is 0 Å². The smallest absolute Gasteiger partial charge is 0.0995 e. The summed E-state index contributed by atoms with van der Waals surface area (Å²) in [6.07, 6.45) is 0. The number of hydrogen-bond donors (Lipinski definition) is 1. The summed E-state index contributed by atoms with van der Waals surface area (Å²) in [5.74, 6) is 0. The van der Waals surface area contributed by atoms with Crippen molar-refractivity contribution >= 4 is 5.69 Å². The molecular formula is C9H10N2. The van der Waals surface area contributed by atoms with Gasteiger partial charge in [-0.3, -0.25) is 0 Å². The molecule has 2 N–H and O–H groups in total. The molecular weight excluding hydrogens is 136 g/mol. The largest absolute Gasteiger partial charge is 0.399 e. The average Bonchev–Trinajstić information content (AvgIpc) is 1.96. The number of nitrogens with two attached hydrogens (primary N) is 1. The summed E-state index contributed by atoms with van der Waals surface area (Å²) in [6, 6.07) is 5.66. The summed E-state index contributed by atoms with van der Waals surface area (Å²) in [5.41, 5.74) is 8.97. The third kappa shape index (κ3) is 1.32. The Labute approximate surface area is 66.3 Å². The molecule has 1 aromatic rings. The van der Waals surface area contributed by atoms with E-state index in [-0.39, 0.29) is 0 Å². The Morgan fingerprint density at radius 2 is 2.00 bits per heavy atom. The van der Waals surface area contributed by atoms with Gasteiger partial charge in [0.25, 0.3) is 0 Å². The number of nitrogens with zero attached hydrogens (tertiary/aromatic N) is 1. The van der Waals surface area contributed by atoms with Crippen LogP contribution in [0.3, 0.4) is 0 Å². The first kappa shape index (κ1) is 7.62. The van der Waals surface area contributed by atoms with Crippen LogP contribution in [0, 0.1) is 25.2 Å². The molecule has 0 amide bonds. The predicted molar refractivity (Wildman–Crippen MR) is 45.0 cm³/mol. The first-order valence-corrected chi connectivity index (χ1v) is 3.42. The highest BCUT2D eigenvalue weighted by atomic mass is 14.5. The van der Waals surface area contributed by atoms with Gasteiger partial charge in [-0.1, -0.05) is 0 Å². The summed E-state index contributed by atoms with van der Waals surface area (Å²) in [7, 11) is 0. The van der Waals surface area contributed by atoms with E-state index in [4.69, 9.17) is 11.0 Å².